The number of nitrogens with one attached hydrogen (secondary N) is 1. The predicted octanol–water partition coefficient (Wildman–Crippen LogP) is 4.25. The van der Waals surface area contributed by atoms with Gasteiger partial charge in [0.05, 0.1) is 18.1 Å². The molecule has 1 aromatic rings. The number of piperidine rings is 1. The second kappa shape index (κ2) is 8.40. The maximum absolute atomic E-state index is 13.4. The van der Waals surface area contributed by atoms with Crippen LogP contribution >= 0.6 is 0 Å². The van der Waals surface area contributed by atoms with Crippen LogP contribution in [0.2, 0.25) is 0 Å². The number of carbonyl (C=O) groups is 2. The molecule has 6 heteroatoms. The van der Waals surface area contributed by atoms with Crippen LogP contribution in [0, 0.1) is 19.3 Å². The summed E-state index contributed by atoms with van der Waals surface area (Å²) in [5.74, 6) is 0.350. The maximum Gasteiger partial charge on any atom is 0.316 e. The van der Waals surface area contributed by atoms with Crippen LogP contribution in [-0.4, -0.2) is 42.7 Å². The number of hydroxylamine groups is 2. The predicted molar refractivity (Wildman–Crippen MR) is 121 cm³/mol. The SMILES string of the molecule is CON1CCC2(CC1)NC(=O)C(c1c(C)cc(C(C)C)cc1C)=C2OC(=O)C(C)(C)C. The molecule has 1 spiro atoms. The van der Waals surface area contributed by atoms with Gasteiger partial charge in [-0.05, 0) is 75.6 Å². The standard InChI is InChI=1S/C25H36N2O4/c1-15(2)18-13-16(3)19(17(4)14-18)20-21(31-23(29)24(5,6)7)25(26-22(20)28)9-11-27(30-8)12-10-25/h13-15H,9-12H2,1-8H3,(H,26,28). The zero-order valence-corrected chi connectivity index (χ0v) is 20.1. The summed E-state index contributed by atoms with van der Waals surface area (Å²) in [5.41, 5.74) is 3.25. The summed E-state index contributed by atoms with van der Waals surface area (Å²) in [6.45, 7) is 15.1. The molecule has 1 aromatic carbocycles. The van der Waals surface area contributed by atoms with Crippen molar-refractivity contribution in [3.05, 3.63) is 40.1 Å². The highest BCUT2D eigenvalue weighted by molar-refractivity contribution is 6.24. The van der Waals surface area contributed by atoms with E-state index in [1.54, 1.807) is 7.11 Å². The van der Waals surface area contributed by atoms with Crippen LogP contribution in [0.4, 0.5) is 0 Å². The molecule has 170 valence electrons. The summed E-state index contributed by atoms with van der Waals surface area (Å²) in [6, 6.07) is 4.27. The number of esters is 1. The molecule has 1 saturated heterocycles. The summed E-state index contributed by atoms with van der Waals surface area (Å²) in [6.07, 6.45) is 1.23. The van der Waals surface area contributed by atoms with Crippen LogP contribution in [0.1, 0.15) is 75.6 Å². The Morgan fingerprint density at radius 2 is 1.68 bits per heavy atom. The molecule has 2 heterocycles. The Kier molecular flexibility index (Phi) is 6.36. The molecular formula is C25H36N2O4. The van der Waals surface area contributed by atoms with Crippen molar-refractivity contribution in [2.45, 2.75) is 72.8 Å². The highest BCUT2D eigenvalue weighted by Crippen LogP contribution is 2.43. The summed E-state index contributed by atoms with van der Waals surface area (Å²) in [7, 11) is 1.65. The lowest BCUT2D eigenvalue weighted by Crippen LogP contribution is -2.53. The number of aryl methyl sites for hydroxylation is 2. The van der Waals surface area contributed by atoms with E-state index in [0.717, 1.165) is 16.7 Å². The first-order valence-electron chi connectivity index (χ1n) is 11.1. The molecule has 0 unspecified atom stereocenters. The van der Waals surface area contributed by atoms with E-state index in [0.29, 0.717) is 43.2 Å². The minimum absolute atomic E-state index is 0.175. The van der Waals surface area contributed by atoms with Gasteiger partial charge in [0.1, 0.15) is 11.3 Å². The maximum atomic E-state index is 13.4. The number of amides is 1. The van der Waals surface area contributed by atoms with Crippen LogP contribution in [0.3, 0.4) is 0 Å². The average molecular weight is 429 g/mol. The van der Waals surface area contributed by atoms with Crippen molar-refractivity contribution in [2.24, 2.45) is 5.41 Å². The first kappa shape index (κ1) is 23.5. The lowest BCUT2D eigenvalue weighted by Gasteiger charge is -2.39. The molecule has 1 fully saturated rings. The third kappa shape index (κ3) is 4.41. The zero-order valence-electron chi connectivity index (χ0n) is 20.1. The number of ether oxygens (including phenoxy) is 1. The van der Waals surface area contributed by atoms with E-state index in [1.165, 1.54) is 5.56 Å². The van der Waals surface area contributed by atoms with E-state index in [2.05, 4.69) is 31.3 Å². The molecule has 2 aliphatic rings. The lowest BCUT2D eigenvalue weighted by atomic mass is 9.84. The average Bonchev–Trinajstić information content (AvgIpc) is 2.92. The van der Waals surface area contributed by atoms with Gasteiger partial charge in [0, 0.05) is 13.1 Å². The van der Waals surface area contributed by atoms with Gasteiger partial charge in [0.25, 0.3) is 5.91 Å². The van der Waals surface area contributed by atoms with Gasteiger partial charge < -0.3 is 14.9 Å². The van der Waals surface area contributed by atoms with Crippen molar-refractivity contribution in [3.8, 4) is 0 Å². The smallest absolute Gasteiger partial charge is 0.316 e. The Morgan fingerprint density at radius 1 is 1.13 bits per heavy atom. The van der Waals surface area contributed by atoms with E-state index in [4.69, 9.17) is 9.57 Å². The van der Waals surface area contributed by atoms with E-state index in [9.17, 15) is 9.59 Å². The number of hydrogen-bond acceptors (Lipinski definition) is 5. The Bertz CT molecular complexity index is 893. The molecule has 6 nitrogen and oxygen atoms in total. The Balaban J connectivity index is 2.17. The third-order valence-corrected chi connectivity index (χ3v) is 6.35. The Hall–Kier alpha value is -2.18. The molecule has 0 radical (unpaired) electrons. The van der Waals surface area contributed by atoms with Crippen LogP contribution in [0.15, 0.2) is 17.9 Å². The highest BCUT2D eigenvalue weighted by Gasteiger charge is 2.50. The fourth-order valence-electron chi connectivity index (χ4n) is 4.43. The summed E-state index contributed by atoms with van der Waals surface area (Å²) >= 11 is 0. The monoisotopic (exact) mass is 428 g/mol. The molecule has 0 atom stereocenters. The van der Waals surface area contributed by atoms with E-state index >= 15 is 0 Å². The fourth-order valence-corrected chi connectivity index (χ4v) is 4.43. The van der Waals surface area contributed by atoms with Crippen LogP contribution in [0.5, 0.6) is 0 Å². The number of nitrogens with zero attached hydrogens (tertiary/aromatic N) is 1. The van der Waals surface area contributed by atoms with Crippen molar-refractivity contribution in [1.82, 2.24) is 10.4 Å². The quantitative estimate of drug-likeness (QED) is 0.726. The molecule has 1 amide bonds. The van der Waals surface area contributed by atoms with Crippen molar-refractivity contribution in [3.63, 3.8) is 0 Å². The van der Waals surface area contributed by atoms with Crippen molar-refractivity contribution in [1.29, 1.82) is 0 Å². The number of carbonyl (C=O) groups excluding carboxylic acids is 2. The van der Waals surface area contributed by atoms with Crippen molar-refractivity contribution >= 4 is 17.4 Å². The molecule has 0 saturated carbocycles. The largest absolute Gasteiger partial charge is 0.427 e. The van der Waals surface area contributed by atoms with Gasteiger partial charge in [-0.1, -0.05) is 26.0 Å². The molecule has 1 N–H and O–H groups in total. The first-order chi connectivity index (χ1) is 14.4. The molecule has 0 bridgehead atoms. The van der Waals surface area contributed by atoms with Gasteiger partial charge in [-0.15, -0.1) is 0 Å². The Labute approximate surface area is 185 Å². The second-order valence-corrected chi connectivity index (χ2v) is 10.2. The number of rotatable bonds is 4. The van der Waals surface area contributed by atoms with E-state index < -0.39 is 11.0 Å². The summed E-state index contributed by atoms with van der Waals surface area (Å²) in [5, 5.41) is 5.06. The number of hydrogen-bond donors (Lipinski definition) is 1. The molecule has 3 rings (SSSR count). The Morgan fingerprint density at radius 3 is 2.13 bits per heavy atom. The lowest BCUT2D eigenvalue weighted by molar-refractivity contribution is -0.159. The topological polar surface area (TPSA) is 67.9 Å². The van der Waals surface area contributed by atoms with Crippen LogP contribution in [-0.2, 0) is 19.2 Å². The van der Waals surface area contributed by atoms with Crippen LogP contribution in [0.25, 0.3) is 5.57 Å². The number of benzene rings is 1. The second-order valence-electron chi connectivity index (χ2n) is 10.2. The van der Waals surface area contributed by atoms with Gasteiger partial charge >= 0.3 is 5.97 Å². The molecular weight excluding hydrogens is 392 g/mol. The zero-order chi connectivity index (χ0) is 23.1. The molecule has 31 heavy (non-hydrogen) atoms. The van der Waals surface area contributed by atoms with Gasteiger partial charge in [0.15, 0.2) is 0 Å². The van der Waals surface area contributed by atoms with Crippen molar-refractivity contribution < 1.29 is 19.2 Å². The van der Waals surface area contributed by atoms with Crippen LogP contribution < -0.4 is 5.32 Å². The van der Waals surface area contributed by atoms with E-state index in [1.807, 2.05) is 39.7 Å². The summed E-state index contributed by atoms with van der Waals surface area (Å²) in [4.78, 5) is 31.7. The minimum Gasteiger partial charge on any atom is -0.427 e. The molecule has 0 aliphatic carbocycles. The minimum atomic E-state index is -0.696. The molecule has 0 aromatic heterocycles. The first-order valence-corrected chi connectivity index (χ1v) is 11.1. The third-order valence-electron chi connectivity index (χ3n) is 6.35. The van der Waals surface area contributed by atoms with E-state index in [-0.39, 0.29) is 11.9 Å². The van der Waals surface area contributed by atoms with Gasteiger partial charge in [-0.2, -0.15) is 5.06 Å². The van der Waals surface area contributed by atoms with Gasteiger partial charge in [-0.25, -0.2) is 0 Å². The normalized spacial score (nSPS) is 19.3. The van der Waals surface area contributed by atoms with Gasteiger partial charge in [-0.3, -0.25) is 9.59 Å². The van der Waals surface area contributed by atoms with Gasteiger partial charge in [0.2, 0.25) is 0 Å². The highest BCUT2D eigenvalue weighted by atomic mass is 16.7. The molecule has 2 aliphatic heterocycles. The van der Waals surface area contributed by atoms with Crippen molar-refractivity contribution in [2.75, 3.05) is 20.2 Å². The fraction of sp³-hybridized carbons (Fsp3) is 0.600. The summed E-state index contributed by atoms with van der Waals surface area (Å²) < 4.78 is 6.06.